The molecule has 34 heavy (non-hydrogen) atoms. The number of ether oxygens (including phenoxy) is 1. The van der Waals surface area contributed by atoms with Crippen molar-refractivity contribution in [3.8, 4) is 11.1 Å². The van der Waals surface area contributed by atoms with Crippen molar-refractivity contribution in [1.29, 1.82) is 0 Å². The average molecular weight is 476 g/mol. The third-order valence-corrected chi connectivity index (χ3v) is 6.48. The van der Waals surface area contributed by atoms with Gasteiger partial charge in [0.15, 0.2) is 0 Å². The molecule has 2 aliphatic carbocycles. The molecule has 180 valence electrons. The normalized spacial score (nSPS) is 20.5. The van der Waals surface area contributed by atoms with Crippen molar-refractivity contribution in [2.24, 2.45) is 11.8 Å². The van der Waals surface area contributed by atoms with Crippen LogP contribution in [0.2, 0.25) is 0 Å². The molecule has 2 aromatic carbocycles. The summed E-state index contributed by atoms with van der Waals surface area (Å²) in [6, 6.07) is 15.7. The van der Waals surface area contributed by atoms with E-state index in [-0.39, 0.29) is 25.5 Å². The van der Waals surface area contributed by atoms with E-state index in [0.29, 0.717) is 6.92 Å². The quantitative estimate of drug-likeness (QED) is 0.566. The zero-order valence-corrected chi connectivity index (χ0v) is 18.2. The van der Waals surface area contributed by atoms with Gasteiger partial charge >= 0.3 is 18.2 Å². The maximum Gasteiger partial charge on any atom is 0.422 e. The smallest absolute Gasteiger partial charge is 0.422 e. The monoisotopic (exact) mass is 476 g/mol. The number of aliphatic carboxylic acids is 1. The number of halogens is 3. The van der Waals surface area contributed by atoms with Crippen molar-refractivity contribution in [1.82, 2.24) is 10.6 Å². The molecular formula is C24H23F3N2O5. The number of benzene rings is 2. The van der Waals surface area contributed by atoms with Crippen LogP contribution in [-0.4, -0.2) is 47.9 Å². The summed E-state index contributed by atoms with van der Waals surface area (Å²) in [7, 11) is 0. The molecule has 7 nitrogen and oxygen atoms in total. The maximum atomic E-state index is 13.1. The van der Waals surface area contributed by atoms with Crippen LogP contribution >= 0.6 is 0 Å². The Labute approximate surface area is 193 Å². The maximum absolute atomic E-state index is 13.1. The minimum absolute atomic E-state index is 0.0323. The predicted molar refractivity (Wildman–Crippen MR) is 115 cm³/mol. The van der Waals surface area contributed by atoms with Crippen molar-refractivity contribution in [3.63, 3.8) is 0 Å². The summed E-state index contributed by atoms with van der Waals surface area (Å²) in [5, 5.41) is 13.0. The number of carboxylic acids is 1. The van der Waals surface area contributed by atoms with E-state index in [1.54, 1.807) is 5.32 Å². The van der Waals surface area contributed by atoms with Gasteiger partial charge in [0.2, 0.25) is 11.4 Å². The fourth-order valence-electron chi connectivity index (χ4n) is 4.24. The number of rotatable bonds is 7. The van der Waals surface area contributed by atoms with E-state index < -0.39 is 41.5 Å². The second-order valence-electron chi connectivity index (χ2n) is 8.73. The van der Waals surface area contributed by atoms with Crippen molar-refractivity contribution in [2.45, 2.75) is 31.0 Å². The molecule has 10 heteroatoms. The molecular weight excluding hydrogens is 453 g/mol. The van der Waals surface area contributed by atoms with Crippen LogP contribution in [0.15, 0.2) is 48.5 Å². The lowest BCUT2D eigenvalue weighted by Crippen LogP contribution is -2.62. The molecule has 0 bridgehead atoms. The highest BCUT2D eigenvalue weighted by Gasteiger charge is 2.60. The number of hydrogen-bond donors (Lipinski definition) is 3. The van der Waals surface area contributed by atoms with E-state index in [1.165, 1.54) is 0 Å². The van der Waals surface area contributed by atoms with Gasteiger partial charge in [0.05, 0.1) is 0 Å². The Bertz CT molecular complexity index is 1090. The van der Waals surface area contributed by atoms with Gasteiger partial charge in [0, 0.05) is 18.4 Å². The van der Waals surface area contributed by atoms with E-state index in [9.17, 15) is 27.6 Å². The molecule has 3 N–H and O–H groups in total. The Morgan fingerprint density at radius 1 is 1.03 bits per heavy atom. The Morgan fingerprint density at radius 2 is 1.59 bits per heavy atom. The van der Waals surface area contributed by atoms with Crippen LogP contribution in [-0.2, 0) is 14.3 Å². The van der Waals surface area contributed by atoms with Gasteiger partial charge in [-0.3, -0.25) is 4.79 Å². The lowest BCUT2D eigenvalue weighted by molar-refractivity contribution is -0.207. The van der Waals surface area contributed by atoms with Crippen molar-refractivity contribution in [3.05, 3.63) is 59.7 Å². The summed E-state index contributed by atoms with van der Waals surface area (Å²) >= 11 is 0. The fourth-order valence-corrected chi connectivity index (χ4v) is 4.24. The van der Waals surface area contributed by atoms with Gasteiger partial charge in [-0.15, -0.1) is 0 Å². The zero-order chi connectivity index (χ0) is 24.7. The van der Waals surface area contributed by atoms with Gasteiger partial charge in [0.1, 0.15) is 6.61 Å². The molecule has 2 aromatic rings. The van der Waals surface area contributed by atoms with Gasteiger partial charge in [-0.05, 0) is 41.5 Å². The van der Waals surface area contributed by atoms with E-state index in [2.05, 4.69) is 5.32 Å². The number of carbonyl (C=O) groups excluding carboxylic acids is 2. The van der Waals surface area contributed by atoms with Crippen molar-refractivity contribution in [2.75, 3.05) is 13.2 Å². The van der Waals surface area contributed by atoms with Crippen LogP contribution in [0.5, 0.6) is 0 Å². The Kier molecular flexibility index (Phi) is 6.01. The number of amides is 2. The molecule has 0 heterocycles. The lowest BCUT2D eigenvalue weighted by Gasteiger charge is -2.28. The standard InChI is InChI=1S/C24H23F3N2O5/c1-23(21(31)32,24(25,26)27)29-20(30)18-10-13(18)11-28-22(33)34-12-19-16-8-4-2-6-14(16)15-7-3-5-9-17(15)19/h2-9,13,18-19H,10-12H2,1H3,(H,28,33)(H,29,30)(H,31,32). The topological polar surface area (TPSA) is 105 Å². The third-order valence-electron chi connectivity index (χ3n) is 6.48. The summed E-state index contributed by atoms with van der Waals surface area (Å²) < 4.78 is 44.6. The van der Waals surface area contributed by atoms with Crippen LogP contribution < -0.4 is 10.6 Å². The number of carboxylic acid groups (broad SMARTS) is 1. The number of fused-ring (bicyclic) bond motifs is 3. The number of nitrogens with one attached hydrogen (secondary N) is 2. The molecule has 2 aliphatic rings. The minimum atomic E-state index is -5.15. The first-order valence-corrected chi connectivity index (χ1v) is 10.7. The van der Waals surface area contributed by atoms with Crippen molar-refractivity contribution >= 4 is 18.0 Å². The Balaban J connectivity index is 1.28. The number of alkyl halides is 3. The SMILES string of the molecule is CC(NC(=O)C1CC1CNC(=O)OCC1c2ccccc2-c2ccccc21)(C(=O)O)C(F)(F)F. The zero-order valence-electron chi connectivity index (χ0n) is 18.2. The minimum Gasteiger partial charge on any atom is -0.479 e. The number of carbonyl (C=O) groups is 3. The van der Waals surface area contributed by atoms with E-state index >= 15 is 0 Å². The van der Waals surface area contributed by atoms with Crippen LogP contribution in [0.1, 0.15) is 30.4 Å². The van der Waals surface area contributed by atoms with Crippen LogP contribution in [0.3, 0.4) is 0 Å². The molecule has 2 amide bonds. The molecule has 1 saturated carbocycles. The summed E-state index contributed by atoms with van der Waals surface area (Å²) in [6.07, 6.45) is -5.61. The second kappa shape index (κ2) is 8.66. The van der Waals surface area contributed by atoms with Gasteiger partial charge in [-0.1, -0.05) is 48.5 Å². The average Bonchev–Trinajstić information content (AvgIpc) is 3.51. The summed E-state index contributed by atoms with van der Waals surface area (Å²) in [4.78, 5) is 35.4. The fraction of sp³-hybridized carbons (Fsp3) is 0.375. The first-order chi connectivity index (χ1) is 16.0. The summed E-state index contributed by atoms with van der Waals surface area (Å²) in [6.45, 7) is 0.543. The summed E-state index contributed by atoms with van der Waals surface area (Å²) in [5.41, 5.74) is 0.915. The first-order valence-electron chi connectivity index (χ1n) is 10.7. The second-order valence-corrected chi connectivity index (χ2v) is 8.73. The number of hydrogen-bond acceptors (Lipinski definition) is 4. The van der Waals surface area contributed by atoms with Gasteiger partial charge in [-0.2, -0.15) is 13.2 Å². The first kappa shape index (κ1) is 23.6. The van der Waals surface area contributed by atoms with E-state index in [1.807, 2.05) is 48.5 Å². The molecule has 0 radical (unpaired) electrons. The molecule has 0 spiro atoms. The van der Waals surface area contributed by atoms with E-state index in [4.69, 9.17) is 9.84 Å². The molecule has 1 fully saturated rings. The van der Waals surface area contributed by atoms with Crippen LogP contribution in [0.4, 0.5) is 18.0 Å². The highest BCUT2D eigenvalue weighted by molar-refractivity contribution is 5.90. The Hall–Kier alpha value is -3.56. The van der Waals surface area contributed by atoms with Crippen molar-refractivity contribution < 1.29 is 37.4 Å². The largest absolute Gasteiger partial charge is 0.479 e. The number of alkyl carbamates (subject to hydrolysis) is 1. The molecule has 3 unspecified atom stereocenters. The molecule has 0 saturated heterocycles. The summed E-state index contributed by atoms with van der Waals surface area (Å²) in [5.74, 6) is -4.53. The highest BCUT2D eigenvalue weighted by Crippen LogP contribution is 2.44. The highest BCUT2D eigenvalue weighted by atomic mass is 19.4. The van der Waals surface area contributed by atoms with Crippen LogP contribution in [0.25, 0.3) is 11.1 Å². The predicted octanol–water partition coefficient (Wildman–Crippen LogP) is 3.68. The third kappa shape index (κ3) is 4.32. The molecule has 4 rings (SSSR count). The van der Waals surface area contributed by atoms with Gasteiger partial charge in [0.25, 0.3) is 0 Å². The molecule has 0 aromatic heterocycles. The lowest BCUT2D eigenvalue weighted by atomic mass is 9.98. The van der Waals surface area contributed by atoms with Gasteiger partial charge < -0.3 is 20.5 Å². The van der Waals surface area contributed by atoms with E-state index in [0.717, 1.165) is 22.3 Å². The Morgan fingerprint density at radius 3 is 2.12 bits per heavy atom. The van der Waals surface area contributed by atoms with Crippen LogP contribution in [0, 0.1) is 11.8 Å². The van der Waals surface area contributed by atoms with Gasteiger partial charge in [-0.25, -0.2) is 9.59 Å². The molecule has 3 atom stereocenters. The molecule has 0 aliphatic heterocycles.